The molecule has 1 aromatic carbocycles. The van der Waals surface area contributed by atoms with Gasteiger partial charge in [-0.25, -0.2) is 4.39 Å². The van der Waals surface area contributed by atoms with Gasteiger partial charge in [-0.3, -0.25) is 4.68 Å². The van der Waals surface area contributed by atoms with E-state index in [1.165, 1.54) is 18.2 Å². The molecular weight excluding hydrogens is 277 g/mol. The van der Waals surface area contributed by atoms with Crippen molar-refractivity contribution in [3.63, 3.8) is 0 Å². The summed E-state index contributed by atoms with van der Waals surface area (Å²) in [5, 5.41) is 25.1. The van der Waals surface area contributed by atoms with Gasteiger partial charge in [0.2, 0.25) is 0 Å². The van der Waals surface area contributed by atoms with E-state index in [4.69, 9.17) is 9.84 Å². The van der Waals surface area contributed by atoms with Gasteiger partial charge in [0.25, 0.3) is 0 Å². The lowest BCUT2D eigenvalue weighted by molar-refractivity contribution is 0.105. The number of aliphatic hydroxyl groups is 2. The highest BCUT2D eigenvalue weighted by Gasteiger charge is 2.09. The lowest BCUT2D eigenvalue weighted by Gasteiger charge is -2.14. The number of ether oxygens (including phenoxy) is 1. The fraction of sp³-hybridized carbons (Fsp3) is 0.357. The molecule has 7 heteroatoms. The Morgan fingerprint density at radius 2 is 2.24 bits per heavy atom. The monoisotopic (exact) mass is 295 g/mol. The average Bonchev–Trinajstić information content (AvgIpc) is 2.89. The SMILES string of the molecule is Cn1ccc(COc2ccc(F)cc2NCC(O)CO)n1. The first-order valence-corrected chi connectivity index (χ1v) is 6.52. The lowest BCUT2D eigenvalue weighted by atomic mass is 10.2. The number of aryl methyl sites for hydroxylation is 1. The van der Waals surface area contributed by atoms with Crippen LogP contribution in [0.15, 0.2) is 30.5 Å². The van der Waals surface area contributed by atoms with E-state index in [2.05, 4.69) is 10.4 Å². The highest BCUT2D eigenvalue weighted by molar-refractivity contribution is 5.56. The van der Waals surface area contributed by atoms with Gasteiger partial charge in [0.1, 0.15) is 18.2 Å². The van der Waals surface area contributed by atoms with E-state index in [1.807, 2.05) is 13.1 Å². The van der Waals surface area contributed by atoms with Crippen molar-refractivity contribution in [2.24, 2.45) is 7.05 Å². The summed E-state index contributed by atoms with van der Waals surface area (Å²) in [6, 6.07) is 5.90. The minimum Gasteiger partial charge on any atom is -0.485 e. The zero-order valence-electron chi connectivity index (χ0n) is 11.7. The Kier molecular flexibility index (Phi) is 5.13. The second-order valence-electron chi connectivity index (χ2n) is 4.63. The number of anilines is 1. The molecule has 0 fully saturated rings. The van der Waals surface area contributed by atoms with Gasteiger partial charge in [0.05, 0.1) is 24.1 Å². The number of nitrogens with one attached hydrogen (secondary N) is 1. The van der Waals surface area contributed by atoms with Crippen LogP contribution in [0.25, 0.3) is 0 Å². The van der Waals surface area contributed by atoms with Gasteiger partial charge >= 0.3 is 0 Å². The minimum atomic E-state index is -0.920. The molecule has 0 saturated carbocycles. The minimum absolute atomic E-state index is 0.0971. The standard InChI is InChI=1S/C14H18FN3O3/c1-18-5-4-11(17-18)9-21-14-3-2-10(15)6-13(14)16-7-12(20)8-19/h2-6,12,16,19-20H,7-9H2,1H3. The van der Waals surface area contributed by atoms with Gasteiger partial charge in [0.15, 0.2) is 0 Å². The number of hydrogen-bond acceptors (Lipinski definition) is 5. The van der Waals surface area contributed by atoms with Crippen molar-refractivity contribution in [2.45, 2.75) is 12.7 Å². The molecule has 2 aromatic rings. The van der Waals surface area contributed by atoms with Crippen molar-refractivity contribution in [2.75, 3.05) is 18.5 Å². The fourth-order valence-corrected chi connectivity index (χ4v) is 1.75. The molecule has 0 saturated heterocycles. The van der Waals surface area contributed by atoms with Crippen molar-refractivity contribution in [3.8, 4) is 5.75 Å². The van der Waals surface area contributed by atoms with Gasteiger partial charge in [0, 0.05) is 25.9 Å². The van der Waals surface area contributed by atoms with Crippen molar-refractivity contribution >= 4 is 5.69 Å². The van der Waals surface area contributed by atoms with Crippen molar-refractivity contribution in [1.29, 1.82) is 0 Å². The molecule has 3 N–H and O–H groups in total. The molecule has 0 aliphatic carbocycles. The summed E-state index contributed by atoms with van der Waals surface area (Å²) < 4.78 is 20.6. The van der Waals surface area contributed by atoms with Crippen LogP contribution in [0.2, 0.25) is 0 Å². The molecule has 0 radical (unpaired) electrons. The van der Waals surface area contributed by atoms with Crippen molar-refractivity contribution in [1.82, 2.24) is 9.78 Å². The Labute approximate surface area is 121 Å². The molecule has 0 bridgehead atoms. The summed E-state index contributed by atoms with van der Waals surface area (Å²) in [6.45, 7) is -0.0178. The number of rotatable bonds is 7. The first-order valence-electron chi connectivity index (χ1n) is 6.52. The molecule has 1 heterocycles. The van der Waals surface area contributed by atoms with E-state index in [0.717, 1.165) is 5.69 Å². The highest BCUT2D eigenvalue weighted by Crippen LogP contribution is 2.26. The molecule has 1 aromatic heterocycles. The maximum atomic E-state index is 13.3. The van der Waals surface area contributed by atoms with E-state index in [-0.39, 0.29) is 19.8 Å². The highest BCUT2D eigenvalue weighted by atomic mass is 19.1. The van der Waals surface area contributed by atoms with E-state index in [0.29, 0.717) is 11.4 Å². The second kappa shape index (κ2) is 7.05. The third-order valence-corrected chi connectivity index (χ3v) is 2.82. The Bertz CT molecular complexity index is 589. The summed E-state index contributed by atoms with van der Waals surface area (Å²) in [4.78, 5) is 0. The predicted octanol–water partition coefficient (Wildman–Crippen LogP) is 0.903. The molecule has 0 amide bonds. The third-order valence-electron chi connectivity index (χ3n) is 2.82. The first-order chi connectivity index (χ1) is 10.1. The third kappa shape index (κ3) is 4.44. The summed E-state index contributed by atoms with van der Waals surface area (Å²) >= 11 is 0. The molecule has 0 aliphatic rings. The van der Waals surface area contributed by atoms with Gasteiger partial charge in [-0.05, 0) is 18.2 Å². The maximum absolute atomic E-state index is 13.3. The van der Waals surface area contributed by atoms with E-state index >= 15 is 0 Å². The van der Waals surface area contributed by atoms with E-state index in [1.54, 1.807) is 10.9 Å². The topological polar surface area (TPSA) is 79.5 Å². The van der Waals surface area contributed by atoms with Crippen LogP contribution in [-0.4, -0.2) is 39.2 Å². The first kappa shape index (κ1) is 15.3. The van der Waals surface area contributed by atoms with Crippen LogP contribution >= 0.6 is 0 Å². The predicted molar refractivity (Wildman–Crippen MR) is 75.5 cm³/mol. The molecule has 114 valence electrons. The van der Waals surface area contributed by atoms with E-state index < -0.39 is 11.9 Å². The van der Waals surface area contributed by atoms with Crippen LogP contribution in [-0.2, 0) is 13.7 Å². The van der Waals surface area contributed by atoms with Gasteiger partial charge in [-0.1, -0.05) is 0 Å². The van der Waals surface area contributed by atoms with Crippen molar-refractivity contribution < 1.29 is 19.3 Å². The maximum Gasteiger partial charge on any atom is 0.143 e. The molecule has 21 heavy (non-hydrogen) atoms. The number of hydrogen-bond donors (Lipinski definition) is 3. The largest absolute Gasteiger partial charge is 0.485 e. The molecule has 0 spiro atoms. The summed E-state index contributed by atoms with van der Waals surface area (Å²) in [5.74, 6) is 0.0355. The Hall–Kier alpha value is -2.12. The van der Waals surface area contributed by atoms with Crippen LogP contribution in [0.5, 0.6) is 5.75 Å². The Morgan fingerprint density at radius 3 is 2.90 bits per heavy atom. The van der Waals surface area contributed by atoms with Gasteiger partial charge < -0.3 is 20.3 Å². The number of halogens is 1. The van der Waals surface area contributed by atoms with Crippen LogP contribution in [0.4, 0.5) is 10.1 Å². The van der Waals surface area contributed by atoms with Crippen molar-refractivity contribution in [3.05, 3.63) is 42.0 Å². The smallest absolute Gasteiger partial charge is 0.143 e. The number of nitrogens with zero attached hydrogens (tertiary/aromatic N) is 2. The Morgan fingerprint density at radius 1 is 1.43 bits per heavy atom. The zero-order chi connectivity index (χ0) is 15.2. The average molecular weight is 295 g/mol. The van der Waals surface area contributed by atoms with Gasteiger partial charge in [-0.15, -0.1) is 0 Å². The fourth-order valence-electron chi connectivity index (χ4n) is 1.75. The molecule has 1 atom stereocenters. The van der Waals surface area contributed by atoms with E-state index in [9.17, 15) is 9.50 Å². The Balaban J connectivity index is 2.03. The van der Waals surface area contributed by atoms with Crippen LogP contribution in [0, 0.1) is 5.82 Å². The number of aromatic nitrogens is 2. The quantitative estimate of drug-likeness (QED) is 0.707. The summed E-state index contributed by atoms with van der Waals surface area (Å²) in [5.41, 5.74) is 1.17. The van der Waals surface area contributed by atoms with Gasteiger partial charge in [-0.2, -0.15) is 5.10 Å². The normalized spacial score (nSPS) is 12.2. The van der Waals surface area contributed by atoms with Crippen LogP contribution in [0.1, 0.15) is 5.69 Å². The van der Waals surface area contributed by atoms with Crippen LogP contribution < -0.4 is 10.1 Å². The zero-order valence-corrected chi connectivity index (χ0v) is 11.7. The molecule has 0 aliphatic heterocycles. The second-order valence-corrected chi connectivity index (χ2v) is 4.63. The summed E-state index contributed by atoms with van der Waals surface area (Å²) in [6.07, 6.45) is 0.886. The number of aliphatic hydroxyl groups excluding tert-OH is 2. The molecule has 6 nitrogen and oxygen atoms in total. The molecular formula is C14H18FN3O3. The summed E-state index contributed by atoms with van der Waals surface area (Å²) in [7, 11) is 1.81. The van der Waals surface area contributed by atoms with Crippen LogP contribution in [0.3, 0.4) is 0 Å². The molecule has 2 rings (SSSR count). The molecule has 1 unspecified atom stereocenters. The lowest BCUT2D eigenvalue weighted by Crippen LogP contribution is -2.23. The number of benzene rings is 1.